The molecule has 5 nitrogen and oxygen atoms in total. The molecule has 0 fully saturated rings. The monoisotopic (exact) mass is 428 g/mol. The molecule has 2 aliphatic heterocycles. The maximum absolute atomic E-state index is 13.2. The molecule has 0 aliphatic carbocycles. The number of ether oxygens (including phenoxy) is 3. The smallest absolute Gasteiger partial charge is 0.340 e. The summed E-state index contributed by atoms with van der Waals surface area (Å²) in [6.45, 7) is 9.71. The zero-order valence-electron chi connectivity index (χ0n) is 18.7. The molecule has 0 saturated heterocycles. The highest BCUT2D eigenvalue weighted by atomic mass is 16.6. The van der Waals surface area contributed by atoms with E-state index in [0.717, 1.165) is 22.3 Å². The maximum atomic E-state index is 13.2. The molecule has 3 aromatic carbocycles. The maximum Gasteiger partial charge on any atom is 0.340 e. The van der Waals surface area contributed by atoms with Crippen LogP contribution in [0.2, 0.25) is 0 Å². The lowest BCUT2D eigenvalue weighted by Crippen LogP contribution is -2.35. The van der Waals surface area contributed by atoms with E-state index in [1.54, 1.807) is 12.1 Å². The first kappa shape index (κ1) is 20.3. The molecule has 2 aliphatic rings. The van der Waals surface area contributed by atoms with Crippen molar-refractivity contribution in [3.8, 4) is 17.2 Å². The first-order valence-corrected chi connectivity index (χ1v) is 10.6. The zero-order chi connectivity index (χ0) is 22.8. The summed E-state index contributed by atoms with van der Waals surface area (Å²) in [6.07, 6.45) is 0. The first-order valence-electron chi connectivity index (χ1n) is 10.6. The molecule has 32 heavy (non-hydrogen) atoms. The minimum absolute atomic E-state index is 0.229. The van der Waals surface area contributed by atoms with Crippen LogP contribution in [0.4, 0.5) is 0 Å². The molecule has 0 radical (unpaired) electrons. The van der Waals surface area contributed by atoms with Gasteiger partial charge in [-0.2, -0.15) is 0 Å². The Morgan fingerprint density at radius 2 is 1.66 bits per heavy atom. The summed E-state index contributed by atoms with van der Waals surface area (Å²) >= 11 is 0. The Morgan fingerprint density at radius 3 is 2.34 bits per heavy atom. The number of esters is 2. The van der Waals surface area contributed by atoms with E-state index in [9.17, 15) is 9.59 Å². The van der Waals surface area contributed by atoms with Crippen molar-refractivity contribution in [2.45, 2.75) is 45.6 Å². The Labute approximate surface area is 186 Å². The minimum atomic E-state index is -1.15. The van der Waals surface area contributed by atoms with E-state index >= 15 is 0 Å². The fraction of sp³-hybridized carbons (Fsp3) is 0.259. The highest BCUT2D eigenvalue weighted by molar-refractivity contribution is 5.97. The average Bonchev–Trinajstić information content (AvgIpc) is 3.00. The molecule has 162 valence electrons. The van der Waals surface area contributed by atoms with Crippen molar-refractivity contribution >= 4 is 11.9 Å². The zero-order valence-corrected chi connectivity index (χ0v) is 18.7. The number of fused-ring (bicyclic) bond motifs is 6. The molecule has 5 rings (SSSR count). The predicted molar refractivity (Wildman–Crippen MR) is 119 cm³/mol. The lowest BCUT2D eigenvalue weighted by Gasteiger charge is -2.39. The van der Waals surface area contributed by atoms with Gasteiger partial charge in [0.2, 0.25) is 0 Å². The second kappa shape index (κ2) is 6.70. The highest BCUT2D eigenvalue weighted by Gasteiger charge is 2.55. The second-order valence-electron chi connectivity index (χ2n) is 9.40. The molecule has 2 heterocycles. The van der Waals surface area contributed by atoms with Crippen LogP contribution >= 0.6 is 0 Å². The van der Waals surface area contributed by atoms with E-state index < -0.39 is 11.6 Å². The molecule has 3 aromatic rings. The third-order valence-corrected chi connectivity index (χ3v) is 6.02. The molecule has 0 bridgehead atoms. The van der Waals surface area contributed by atoms with Crippen molar-refractivity contribution in [2.24, 2.45) is 0 Å². The number of carbonyl (C=O) groups is 2. The lowest BCUT2D eigenvalue weighted by atomic mass is 9.71. The third kappa shape index (κ3) is 2.84. The molecule has 0 N–H and O–H groups in total. The van der Waals surface area contributed by atoms with Crippen LogP contribution in [0.5, 0.6) is 17.2 Å². The molecular weight excluding hydrogens is 404 g/mol. The van der Waals surface area contributed by atoms with Crippen molar-refractivity contribution in [1.82, 2.24) is 0 Å². The van der Waals surface area contributed by atoms with Gasteiger partial charge in [-0.3, -0.25) is 4.79 Å². The number of aryl methyl sites for hydroxylation is 1. The van der Waals surface area contributed by atoms with Crippen LogP contribution in [-0.2, 0) is 20.5 Å². The quantitative estimate of drug-likeness (QED) is 0.363. The Balaban J connectivity index is 1.88. The number of carbonyl (C=O) groups excluding carboxylic acids is 2. The van der Waals surface area contributed by atoms with Crippen LogP contribution in [-0.4, -0.2) is 11.9 Å². The molecular formula is C27H24O5. The first-order chi connectivity index (χ1) is 15.1. The van der Waals surface area contributed by atoms with Gasteiger partial charge in [0.05, 0.1) is 5.56 Å². The van der Waals surface area contributed by atoms with Gasteiger partial charge in [-0.15, -0.1) is 0 Å². The van der Waals surface area contributed by atoms with Gasteiger partial charge in [0, 0.05) is 29.7 Å². The normalized spacial score (nSPS) is 18.3. The molecule has 1 atom stereocenters. The van der Waals surface area contributed by atoms with E-state index in [1.807, 2.05) is 43.3 Å². The van der Waals surface area contributed by atoms with Gasteiger partial charge >= 0.3 is 11.9 Å². The fourth-order valence-corrected chi connectivity index (χ4v) is 4.73. The number of rotatable bonds is 1. The van der Waals surface area contributed by atoms with Crippen LogP contribution in [0, 0.1) is 6.92 Å². The SMILES string of the molecule is CC(=O)Oc1ccc2c(c1)Oc1cc(C)ccc1C21OC(=O)c2cccc(C(C)(C)C)c21. The van der Waals surface area contributed by atoms with E-state index in [1.165, 1.54) is 6.92 Å². The van der Waals surface area contributed by atoms with Crippen molar-refractivity contribution < 1.29 is 23.8 Å². The summed E-state index contributed by atoms with van der Waals surface area (Å²) in [5, 5.41) is 0. The minimum Gasteiger partial charge on any atom is -0.456 e. The molecule has 1 unspecified atom stereocenters. The van der Waals surface area contributed by atoms with Crippen LogP contribution in [0.3, 0.4) is 0 Å². The third-order valence-electron chi connectivity index (χ3n) is 6.02. The van der Waals surface area contributed by atoms with Crippen molar-refractivity contribution in [2.75, 3.05) is 0 Å². The van der Waals surface area contributed by atoms with Gasteiger partial charge in [0.15, 0.2) is 5.60 Å². The molecule has 1 spiro atoms. The summed E-state index contributed by atoms with van der Waals surface area (Å²) < 4.78 is 17.8. The van der Waals surface area contributed by atoms with Gasteiger partial charge in [-0.05, 0) is 47.7 Å². The molecule has 0 saturated carbocycles. The van der Waals surface area contributed by atoms with Crippen molar-refractivity contribution in [3.05, 3.63) is 88.0 Å². The van der Waals surface area contributed by atoms with Crippen LogP contribution in [0.25, 0.3) is 0 Å². The summed E-state index contributed by atoms with van der Waals surface area (Å²) in [5.74, 6) is 0.693. The van der Waals surface area contributed by atoms with Gasteiger partial charge < -0.3 is 14.2 Å². The molecule has 0 amide bonds. The Bertz CT molecular complexity index is 1300. The lowest BCUT2D eigenvalue weighted by molar-refractivity contribution is -0.131. The number of hydrogen-bond donors (Lipinski definition) is 0. The van der Waals surface area contributed by atoms with Crippen molar-refractivity contribution in [1.29, 1.82) is 0 Å². The summed E-state index contributed by atoms with van der Waals surface area (Å²) in [4.78, 5) is 24.7. The summed E-state index contributed by atoms with van der Waals surface area (Å²) in [7, 11) is 0. The van der Waals surface area contributed by atoms with Gasteiger partial charge in [0.25, 0.3) is 0 Å². The Kier molecular flexibility index (Phi) is 4.25. The van der Waals surface area contributed by atoms with Gasteiger partial charge in [-0.25, -0.2) is 4.79 Å². The van der Waals surface area contributed by atoms with E-state index in [0.29, 0.717) is 28.4 Å². The van der Waals surface area contributed by atoms with Gasteiger partial charge in [0.1, 0.15) is 17.2 Å². The van der Waals surface area contributed by atoms with Gasteiger partial charge in [-0.1, -0.05) is 45.0 Å². The largest absolute Gasteiger partial charge is 0.456 e. The summed E-state index contributed by atoms with van der Waals surface area (Å²) in [6, 6.07) is 16.9. The van der Waals surface area contributed by atoms with E-state index in [4.69, 9.17) is 14.2 Å². The molecule has 5 heteroatoms. The number of hydrogen-bond acceptors (Lipinski definition) is 5. The van der Waals surface area contributed by atoms with E-state index in [-0.39, 0.29) is 11.4 Å². The second-order valence-corrected chi connectivity index (χ2v) is 9.40. The topological polar surface area (TPSA) is 61.8 Å². The van der Waals surface area contributed by atoms with E-state index in [2.05, 4.69) is 26.8 Å². The highest BCUT2D eigenvalue weighted by Crippen LogP contribution is 2.58. The Morgan fingerprint density at radius 1 is 0.969 bits per heavy atom. The average molecular weight is 428 g/mol. The Hall–Kier alpha value is -3.60. The van der Waals surface area contributed by atoms with Crippen molar-refractivity contribution in [3.63, 3.8) is 0 Å². The van der Waals surface area contributed by atoms with Crippen LogP contribution in [0.15, 0.2) is 54.6 Å². The molecule has 0 aromatic heterocycles. The fourth-order valence-electron chi connectivity index (χ4n) is 4.73. The van der Waals surface area contributed by atoms with Crippen LogP contribution < -0.4 is 9.47 Å². The van der Waals surface area contributed by atoms with Crippen LogP contribution in [0.1, 0.15) is 65.9 Å². The summed E-state index contributed by atoms with van der Waals surface area (Å²) in [5.41, 5.74) is 3.55. The predicted octanol–water partition coefficient (Wildman–Crippen LogP) is 5.79. The number of benzene rings is 3. The standard InChI is InChI=1S/C27H24O5/c1-15-9-11-19-22(13-15)31-23-14-17(30-16(2)28)10-12-20(23)27(19)24-18(25(29)32-27)7-6-8-21(24)26(3,4)5/h6-14H,1-5H3.